The maximum absolute atomic E-state index is 13.2. The molecule has 1 rings (SSSR count). The predicted octanol–water partition coefficient (Wildman–Crippen LogP) is 4.94. The molecule has 0 spiro atoms. The van der Waals surface area contributed by atoms with E-state index in [0.717, 1.165) is 10.5 Å². The van der Waals surface area contributed by atoms with Crippen LogP contribution in [-0.2, 0) is 20.8 Å². The Kier molecular flexibility index (Phi) is 10.3. The van der Waals surface area contributed by atoms with Crippen molar-refractivity contribution in [1.82, 2.24) is 9.80 Å². The number of hydrogen-bond acceptors (Lipinski definition) is 5. The van der Waals surface area contributed by atoms with Crippen LogP contribution in [0.3, 0.4) is 0 Å². The molecule has 0 bridgehead atoms. The summed E-state index contributed by atoms with van der Waals surface area (Å²) in [6.07, 6.45) is -4.30. The minimum absolute atomic E-state index is 0.00712. The second-order valence-electron chi connectivity index (χ2n) is 9.52. The van der Waals surface area contributed by atoms with E-state index in [9.17, 15) is 18.4 Å². The van der Waals surface area contributed by atoms with Gasteiger partial charge < -0.3 is 24.0 Å². The standard InChI is InChI=1S/C23H36F2N2O5/c1-22(2,3)31-20(28)26(7)18(16-30-15-17-11-9-8-10-12-17)13-27(14-19(24)25)21(29)32-23(4,5)6/h8-12,18-19H,13-16H2,1-7H3/t18-/m0/s1. The average Bonchev–Trinajstić information content (AvgIpc) is 2.63. The Morgan fingerprint density at radius 2 is 1.44 bits per heavy atom. The molecular formula is C23H36F2N2O5. The van der Waals surface area contributed by atoms with Gasteiger partial charge in [-0.25, -0.2) is 18.4 Å². The van der Waals surface area contributed by atoms with Crippen LogP contribution in [0.4, 0.5) is 18.4 Å². The zero-order valence-electron chi connectivity index (χ0n) is 20.1. The molecule has 0 N–H and O–H groups in total. The monoisotopic (exact) mass is 458 g/mol. The van der Waals surface area contributed by atoms with Crippen molar-refractivity contribution >= 4 is 12.2 Å². The first-order valence-electron chi connectivity index (χ1n) is 10.5. The topological polar surface area (TPSA) is 68.3 Å². The van der Waals surface area contributed by atoms with Gasteiger partial charge in [0, 0.05) is 13.6 Å². The number of carbonyl (C=O) groups excluding carboxylic acids is 2. The zero-order valence-corrected chi connectivity index (χ0v) is 20.1. The van der Waals surface area contributed by atoms with Gasteiger partial charge in [0.2, 0.25) is 0 Å². The quantitative estimate of drug-likeness (QED) is 0.524. The maximum atomic E-state index is 13.2. The Balaban J connectivity index is 3.00. The lowest BCUT2D eigenvalue weighted by Gasteiger charge is -2.35. The smallest absolute Gasteiger partial charge is 0.410 e. The molecule has 0 fully saturated rings. The summed E-state index contributed by atoms with van der Waals surface area (Å²) in [5.74, 6) is 0. The van der Waals surface area contributed by atoms with Crippen molar-refractivity contribution in [3.8, 4) is 0 Å². The summed E-state index contributed by atoms with van der Waals surface area (Å²) < 4.78 is 42.8. The molecule has 0 aliphatic heterocycles. The van der Waals surface area contributed by atoms with E-state index in [-0.39, 0.29) is 19.8 Å². The predicted molar refractivity (Wildman–Crippen MR) is 118 cm³/mol. The molecule has 2 amide bonds. The summed E-state index contributed by atoms with van der Waals surface area (Å²) in [6, 6.07) is 8.66. The highest BCUT2D eigenvalue weighted by atomic mass is 19.3. The fourth-order valence-electron chi connectivity index (χ4n) is 2.63. The molecule has 0 aliphatic rings. The fourth-order valence-corrected chi connectivity index (χ4v) is 2.63. The van der Waals surface area contributed by atoms with Crippen LogP contribution in [0.2, 0.25) is 0 Å². The number of ether oxygens (including phenoxy) is 3. The van der Waals surface area contributed by atoms with E-state index in [4.69, 9.17) is 14.2 Å². The Labute approximate surface area is 189 Å². The number of amides is 2. The molecule has 0 aromatic heterocycles. The van der Waals surface area contributed by atoms with E-state index in [1.165, 1.54) is 11.9 Å². The number of likely N-dealkylation sites (N-methyl/N-ethyl adjacent to an activating group) is 1. The molecule has 1 aromatic rings. The van der Waals surface area contributed by atoms with Crippen LogP contribution in [0.25, 0.3) is 0 Å². The normalized spacial score (nSPS) is 12.9. The third kappa shape index (κ3) is 11.3. The van der Waals surface area contributed by atoms with E-state index in [1.54, 1.807) is 41.5 Å². The van der Waals surface area contributed by atoms with Crippen molar-refractivity contribution in [3.05, 3.63) is 35.9 Å². The first-order valence-corrected chi connectivity index (χ1v) is 10.5. The SMILES string of the molecule is CN(C(=O)OC(C)(C)C)[C@H](COCc1ccccc1)CN(CC(F)F)C(=O)OC(C)(C)C. The van der Waals surface area contributed by atoms with Crippen molar-refractivity contribution in [2.45, 2.75) is 71.8 Å². The zero-order chi connectivity index (χ0) is 24.5. The van der Waals surface area contributed by atoms with Gasteiger partial charge in [0.25, 0.3) is 6.43 Å². The summed E-state index contributed by atoms with van der Waals surface area (Å²) >= 11 is 0. The molecular weight excluding hydrogens is 422 g/mol. The van der Waals surface area contributed by atoms with Crippen molar-refractivity contribution in [1.29, 1.82) is 0 Å². The van der Waals surface area contributed by atoms with Crippen LogP contribution in [0.1, 0.15) is 47.1 Å². The molecule has 32 heavy (non-hydrogen) atoms. The van der Waals surface area contributed by atoms with Gasteiger partial charge >= 0.3 is 12.2 Å². The first-order chi connectivity index (χ1) is 14.7. The molecule has 1 aromatic carbocycles. The van der Waals surface area contributed by atoms with E-state index in [0.29, 0.717) is 0 Å². The second-order valence-corrected chi connectivity index (χ2v) is 9.52. The van der Waals surface area contributed by atoms with Crippen LogP contribution in [0.15, 0.2) is 30.3 Å². The third-order valence-corrected chi connectivity index (χ3v) is 4.09. The van der Waals surface area contributed by atoms with Crippen LogP contribution >= 0.6 is 0 Å². The minimum Gasteiger partial charge on any atom is -0.444 e. The lowest BCUT2D eigenvalue weighted by molar-refractivity contribution is -0.0164. The van der Waals surface area contributed by atoms with Gasteiger partial charge in [0.05, 0.1) is 25.8 Å². The number of hydrogen-bond donors (Lipinski definition) is 0. The number of nitrogens with zero attached hydrogens (tertiary/aromatic N) is 2. The van der Waals surface area contributed by atoms with Crippen LogP contribution in [-0.4, -0.2) is 72.4 Å². The summed E-state index contributed by atoms with van der Waals surface area (Å²) in [4.78, 5) is 27.3. The van der Waals surface area contributed by atoms with Crippen LogP contribution < -0.4 is 0 Å². The third-order valence-electron chi connectivity index (χ3n) is 4.09. The molecule has 0 heterocycles. The highest BCUT2D eigenvalue weighted by molar-refractivity contribution is 5.69. The van der Waals surface area contributed by atoms with Crippen molar-refractivity contribution in [3.63, 3.8) is 0 Å². The second kappa shape index (κ2) is 12.0. The van der Waals surface area contributed by atoms with Crippen molar-refractivity contribution < 1.29 is 32.6 Å². The summed E-state index contributed by atoms with van der Waals surface area (Å²) in [5, 5.41) is 0. The number of benzene rings is 1. The van der Waals surface area contributed by atoms with E-state index < -0.39 is 42.4 Å². The summed E-state index contributed by atoms with van der Waals surface area (Å²) in [6.45, 7) is 9.37. The number of halogens is 2. The number of alkyl halides is 2. The van der Waals surface area contributed by atoms with Crippen LogP contribution in [0, 0.1) is 0 Å². The minimum atomic E-state index is -2.76. The Hall–Kier alpha value is -2.42. The average molecular weight is 459 g/mol. The molecule has 0 aliphatic carbocycles. The van der Waals surface area contributed by atoms with Gasteiger partial charge in [-0.15, -0.1) is 0 Å². The molecule has 0 saturated carbocycles. The number of carbonyl (C=O) groups is 2. The first kappa shape index (κ1) is 27.6. The molecule has 0 radical (unpaired) electrons. The van der Waals surface area contributed by atoms with Gasteiger partial charge in [-0.3, -0.25) is 0 Å². The lowest BCUT2D eigenvalue weighted by Crippen LogP contribution is -2.51. The largest absolute Gasteiger partial charge is 0.444 e. The van der Waals surface area contributed by atoms with Gasteiger partial charge in [-0.05, 0) is 47.1 Å². The molecule has 7 nitrogen and oxygen atoms in total. The van der Waals surface area contributed by atoms with Gasteiger partial charge in [0.15, 0.2) is 0 Å². The van der Waals surface area contributed by atoms with Crippen LogP contribution in [0.5, 0.6) is 0 Å². The van der Waals surface area contributed by atoms with Gasteiger partial charge in [0.1, 0.15) is 11.2 Å². The highest BCUT2D eigenvalue weighted by Crippen LogP contribution is 2.16. The van der Waals surface area contributed by atoms with E-state index >= 15 is 0 Å². The van der Waals surface area contributed by atoms with Crippen molar-refractivity contribution in [2.24, 2.45) is 0 Å². The Bertz CT molecular complexity index is 717. The van der Waals surface area contributed by atoms with Crippen molar-refractivity contribution in [2.75, 3.05) is 26.7 Å². The van der Waals surface area contributed by atoms with Gasteiger partial charge in [-0.1, -0.05) is 30.3 Å². The summed E-state index contributed by atoms with van der Waals surface area (Å²) in [7, 11) is 1.49. The van der Waals surface area contributed by atoms with Gasteiger partial charge in [-0.2, -0.15) is 0 Å². The van der Waals surface area contributed by atoms with E-state index in [1.807, 2.05) is 30.3 Å². The number of rotatable bonds is 9. The molecule has 182 valence electrons. The molecule has 1 atom stereocenters. The lowest BCUT2D eigenvalue weighted by atomic mass is 10.2. The maximum Gasteiger partial charge on any atom is 0.410 e. The Morgan fingerprint density at radius 1 is 0.906 bits per heavy atom. The molecule has 0 unspecified atom stereocenters. The van der Waals surface area contributed by atoms with E-state index in [2.05, 4.69) is 0 Å². The highest BCUT2D eigenvalue weighted by Gasteiger charge is 2.31. The molecule has 0 saturated heterocycles. The fraction of sp³-hybridized carbons (Fsp3) is 0.652. The Morgan fingerprint density at radius 3 is 1.94 bits per heavy atom. The summed E-state index contributed by atoms with van der Waals surface area (Å²) in [5.41, 5.74) is -0.676. The molecule has 9 heteroatoms.